The van der Waals surface area contributed by atoms with Gasteiger partial charge in [-0.15, -0.1) is 0 Å². The van der Waals surface area contributed by atoms with Crippen molar-refractivity contribution in [3.8, 4) is 67.3 Å². The Kier molecular flexibility index (Phi) is 7.43. The van der Waals surface area contributed by atoms with Crippen molar-refractivity contribution in [1.29, 1.82) is 0 Å². The van der Waals surface area contributed by atoms with Crippen molar-refractivity contribution in [1.82, 2.24) is 15.0 Å². The molecule has 0 aliphatic carbocycles. The minimum Gasteiger partial charge on any atom is -0.456 e. The second kappa shape index (κ2) is 12.9. The lowest BCUT2D eigenvalue weighted by Crippen LogP contribution is -1.96. The van der Waals surface area contributed by atoms with Crippen molar-refractivity contribution in [2.75, 3.05) is 0 Å². The van der Waals surface area contributed by atoms with E-state index >= 15 is 0 Å². The number of para-hydroxylation sites is 1. The molecule has 0 aliphatic rings. The molecule has 0 aliphatic heterocycles. The SMILES string of the molecule is c1cncc(-c2ccc(-c3nc(-c4ccc(-c5ccc6oc7ccccc7c6c5)cc4)cc(-c4ccc(-c5cccc6ccccc56)cc4)n3)cc2)c1. The highest BCUT2D eigenvalue weighted by Gasteiger charge is 2.14. The highest BCUT2D eigenvalue weighted by atomic mass is 16.3. The molecule has 10 aromatic rings. The van der Waals surface area contributed by atoms with Gasteiger partial charge in [0.15, 0.2) is 5.82 Å². The van der Waals surface area contributed by atoms with Gasteiger partial charge in [-0.1, -0.05) is 146 Å². The van der Waals surface area contributed by atoms with Crippen molar-refractivity contribution >= 4 is 32.7 Å². The molecule has 10 rings (SSSR count). The fourth-order valence-corrected chi connectivity index (χ4v) is 7.25. The molecule has 0 saturated heterocycles. The number of nitrogens with zero attached hydrogens (tertiary/aromatic N) is 3. The van der Waals surface area contributed by atoms with E-state index in [4.69, 9.17) is 14.4 Å². The first-order chi connectivity index (χ1) is 26.2. The summed E-state index contributed by atoms with van der Waals surface area (Å²) in [6.45, 7) is 0. The largest absolute Gasteiger partial charge is 0.456 e. The van der Waals surface area contributed by atoms with E-state index in [2.05, 4.69) is 163 Å². The highest BCUT2D eigenvalue weighted by Crippen LogP contribution is 2.35. The summed E-state index contributed by atoms with van der Waals surface area (Å²) in [4.78, 5) is 14.6. The van der Waals surface area contributed by atoms with E-state index in [1.807, 2.05) is 24.4 Å². The van der Waals surface area contributed by atoms with Crippen LogP contribution < -0.4 is 0 Å². The molecule has 0 amide bonds. The average Bonchev–Trinajstić information content (AvgIpc) is 3.62. The van der Waals surface area contributed by atoms with Crippen molar-refractivity contribution in [3.63, 3.8) is 0 Å². The zero-order valence-electron chi connectivity index (χ0n) is 28.6. The second-order valence-corrected chi connectivity index (χ2v) is 13.3. The molecule has 0 bridgehead atoms. The predicted molar refractivity (Wildman–Crippen MR) is 217 cm³/mol. The van der Waals surface area contributed by atoms with Crippen LogP contribution in [0, 0.1) is 0 Å². The lowest BCUT2D eigenvalue weighted by Gasteiger charge is -2.12. The third-order valence-electron chi connectivity index (χ3n) is 10.0. The predicted octanol–water partition coefficient (Wildman–Crippen LogP) is 12.9. The zero-order chi connectivity index (χ0) is 35.1. The first-order valence-corrected chi connectivity index (χ1v) is 17.7. The molecular weight excluding hydrogens is 647 g/mol. The van der Waals surface area contributed by atoms with Crippen LogP contribution in [0.5, 0.6) is 0 Å². The Morgan fingerprint density at radius 1 is 0.358 bits per heavy atom. The quantitative estimate of drug-likeness (QED) is 0.176. The monoisotopic (exact) mass is 677 g/mol. The Morgan fingerprint density at radius 3 is 1.68 bits per heavy atom. The molecule has 7 aromatic carbocycles. The lowest BCUT2D eigenvalue weighted by molar-refractivity contribution is 0.669. The Balaban J connectivity index is 1.04. The van der Waals surface area contributed by atoms with E-state index in [-0.39, 0.29) is 0 Å². The van der Waals surface area contributed by atoms with Crippen LogP contribution in [0.15, 0.2) is 193 Å². The standard InChI is InChI=1S/C49H31N3O/c1-2-10-41-34(7-1)8-5-12-42(41)35-18-22-37(23-19-35)46-30-45(51-49(52-46)38-24-16-33(17-25-38)40-9-6-28-50-31-40)36-20-14-32(15-21-36)39-26-27-48-44(29-39)43-11-3-4-13-47(43)53-48/h1-31H. The van der Waals surface area contributed by atoms with Gasteiger partial charge in [-0.3, -0.25) is 4.98 Å². The minimum atomic E-state index is 0.676. The number of hydrogen-bond donors (Lipinski definition) is 0. The summed E-state index contributed by atoms with van der Waals surface area (Å²) < 4.78 is 6.07. The van der Waals surface area contributed by atoms with Gasteiger partial charge >= 0.3 is 0 Å². The maximum absolute atomic E-state index is 6.07. The lowest BCUT2D eigenvalue weighted by atomic mass is 9.96. The first-order valence-electron chi connectivity index (χ1n) is 17.7. The van der Waals surface area contributed by atoms with Gasteiger partial charge in [0.2, 0.25) is 0 Å². The van der Waals surface area contributed by atoms with Gasteiger partial charge in [0.1, 0.15) is 11.2 Å². The summed E-state index contributed by atoms with van der Waals surface area (Å²) in [6, 6.07) is 61.4. The Bertz CT molecular complexity index is 2910. The van der Waals surface area contributed by atoms with Crippen LogP contribution in [0.25, 0.3) is 100.0 Å². The number of benzene rings is 7. The normalized spacial score (nSPS) is 11.4. The fourth-order valence-electron chi connectivity index (χ4n) is 7.25. The molecule has 248 valence electrons. The summed E-state index contributed by atoms with van der Waals surface area (Å²) in [6.07, 6.45) is 3.67. The van der Waals surface area contributed by atoms with Gasteiger partial charge in [0.05, 0.1) is 11.4 Å². The van der Waals surface area contributed by atoms with E-state index in [0.717, 1.165) is 72.3 Å². The maximum Gasteiger partial charge on any atom is 0.160 e. The summed E-state index contributed by atoms with van der Waals surface area (Å²) >= 11 is 0. The molecule has 0 N–H and O–H groups in total. The third kappa shape index (κ3) is 5.73. The fraction of sp³-hybridized carbons (Fsp3) is 0. The summed E-state index contributed by atoms with van der Waals surface area (Å²) in [5, 5.41) is 4.72. The average molecular weight is 678 g/mol. The molecule has 0 unspecified atom stereocenters. The number of fused-ring (bicyclic) bond motifs is 4. The molecule has 0 fully saturated rings. The van der Waals surface area contributed by atoms with Gasteiger partial charge in [-0.25, -0.2) is 9.97 Å². The summed E-state index contributed by atoms with van der Waals surface area (Å²) in [7, 11) is 0. The molecule has 3 aromatic heterocycles. The smallest absolute Gasteiger partial charge is 0.160 e. The van der Waals surface area contributed by atoms with Gasteiger partial charge < -0.3 is 4.42 Å². The second-order valence-electron chi connectivity index (χ2n) is 13.3. The Hall–Kier alpha value is -7.17. The van der Waals surface area contributed by atoms with Crippen molar-refractivity contribution in [2.24, 2.45) is 0 Å². The molecule has 0 atom stereocenters. The Morgan fingerprint density at radius 2 is 0.943 bits per heavy atom. The topological polar surface area (TPSA) is 51.8 Å². The van der Waals surface area contributed by atoms with Gasteiger partial charge in [-0.05, 0) is 74.5 Å². The van der Waals surface area contributed by atoms with Crippen LogP contribution in [0.1, 0.15) is 0 Å². The summed E-state index contributed by atoms with van der Waals surface area (Å²) in [5.41, 5.74) is 13.4. The highest BCUT2D eigenvalue weighted by molar-refractivity contribution is 6.06. The first kappa shape index (κ1) is 30.6. The molecular formula is C49H31N3O. The van der Waals surface area contributed by atoms with Gasteiger partial charge in [-0.2, -0.15) is 0 Å². The van der Waals surface area contributed by atoms with E-state index in [0.29, 0.717) is 5.82 Å². The molecule has 0 spiro atoms. The number of aromatic nitrogens is 3. The zero-order valence-corrected chi connectivity index (χ0v) is 28.6. The molecule has 4 heteroatoms. The van der Waals surface area contributed by atoms with Crippen LogP contribution in [-0.2, 0) is 0 Å². The van der Waals surface area contributed by atoms with Crippen molar-refractivity contribution < 1.29 is 4.42 Å². The van der Waals surface area contributed by atoms with E-state index in [1.165, 1.54) is 21.9 Å². The van der Waals surface area contributed by atoms with Crippen LogP contribution >= 0.6 is 0 Å². The number of furan rings is 1. The van der Waals surface area contributed by atoms with Crippen LogP contribution in [0.4, 0.5) is 0 Å². The van der Waals surface area contributed by atoms with E-state index < -0.39 is 0 Å². The minimum absolute atomic E-state index is 0.676. The summed E-state index contributed by atoms with van der Waals surface area (Å²) in [5.74, 6) is 0.676. The van der Waals surface area contributed by atoms with E-state index in [9.17, 15) is 0 Å². The van der Waals surface area contributed by atoms with Crippen LogP contribution in [-0.4, -0.2) is 15.0 Å². The molecule has 4 nitrogen and oxygen atoms in total. The molecule has 3 heterocycles. The number of hydrogen-bond acceptors (Lipinski definition) is 4. The van der Waals surface area contributed by atoms with Crippen LogP contribution in [0.2, 0.25) is 0 Å². The molecule has 0 radical (unpaired) electrons. The maximum atomic E-state index is 6.07. The van der Waals surface area contributed by atoms with E-state index in [1.54, 1.807) is 6.20 Å². The van der Waals surface area contributed by atoms with Crippen LogP contribution in [0.3, 0.4) is 0 Å². The Labute approximate surface area is 306 Å². The van der Waals surface area contributed by atoms with Gasteiger partial charge in [0, 0.05) is 39.9 Å². The molecule has 0 saturated carbocycles. The third-order valence-corrected chi connectivity index (χ3v) is 10.0. The van der Waals surface area contributed by atoms with Crippen molar-refractivity contribution in [3.05, 3.63) is 188 Å². The number of rotatable bonds is 6. The molecule has 53 heavy (non-hydrogen) atoms. The van der Waals surface area contributed by atoms with Gasteiger partial charge in [0.25, 0.3) is 0 Å². The van der Waals surface area contributed by atoms with Crippen molar-refractivity contribution in [2.45, 2.75) is 0 Å². The number of pyridine rings is 1.